The molecule has 27 heavy (non-hydrogen) atoms. The Morgan fingerprint density at radius 3 is 2.48 bits per heavy atom. The van der Waals surface area contributed by atoms with Crippen molar-refractivity contribution in [2.45, 2.75) is 25.7 Å². The van der Waals surface area contributed by atoms with E-state index in [4.69, 9.17) is 16.3 Å². The van der Waals surface area contributed by atoms with E-state index in [1.165, 1.54) is 19.2 Å². The number of ether oxygens (including phenoxy) is 1. The highest BCUT2D eigenvalue weighted by molar-refractivity contribution is 7.89. The van der Waals surface area contributed by atoms with Crippen LogP contribution >= 0.6 is 11.6 Å². The quantitative estimate of drug-likeness (QED) is 0.756. The molecule has 2 rings (SSSR count). The molecule has 2 aromatic carbocycles. The first kappa shape index (κ1) is 21.2. The first-order chi connectivity index (χ1) is 12.6. The number of nitrogens with zero attached hydrogens (tertiary/aromatic N) is 1. The van der Waals surface area contributed by atoms with Crippen molar-refractivity contribution in [1.29, 1.82) is 0 Å². The number of carbonyl (C=O) groups is 1. The second-order valence-corrected chi connectivity index (χ2v) is 8.58. The van der Waals surface area contributed by atoms with Gasteiger partial charge in [-0.2, -0.15) is 4.31 Å². The molecule has 0 saturated heterocycles. The van der Waals surface area contributed by atoms with Gasteiger partial charge in [0.25, 0.3) is 0 Å². The monoisotopic (exact) mass is 410 g/mol. The molecule has 0 bridgehead atoms. The maximum atomic E-state index is 12.9. The number of likely N-dealkylation sites (N-methyl/N-ethyl adjacent to an activating group) is 1. The maximum Gasteiger partial charge on any atom is 0.247 e. The van der Waals surface area contributed by atoms with Gasteiger partial charge < -0.3 is 10.1 Å². The Morgan fingerprint density at radius 2 is 1.85 bits per heavy atom. The first-order valence-corrected chi connectivity index (χ1v) is 10.2. The summed E-state index contributed by atoms with van der Waals surface area (Å²) >= 11 is 5.95. The number of carbonyl (C=O) groups excluding carboxylic acids is 1. The Balaban J connectivity index is 2.18. The second-order valence-electron chi connectivity index (χ2n) is 6.13. The van der Waals surface area contributed by atoms with Crippen LogP contribution in [0.3, 0.4) is 0 Å². The molecule has 2 aromatic rings. The zero-order chi connectivity index (χ0) is 20.2. The molecular formula is C19H23ClN2O4S. The summed E-state index contributed by atoms with van der Waals surface area (Å²) < 4.78 is 32.1. The number of hydrogen-bond acceptors (Lipinski definition) is 4. The number of sulfonamides is 1. The highest BCUT2D eigenvalue weighted by Gasteiger charge is 2.27. The Bertz CT molecular complexity index is 945. The number of amides is 1. The topological polar surface area (TPSA) is 75.7 Å². The highest BCUT2D eigenvalue weighted by atomic mass is 35.5. The lowest BCUT2D eigenvalue weighted by Gasteiger charge is -2.19. The summed E-state index contributed by atoms with van der Waals surface area (Å²) in [6, 6.07) is 9.88. The van der Waals surface area contributed by atoms with Crippen LogP contribution in [0.1, 0.15) is 18.1 Å². The van der Waals surface area contributed by atoms with Gasteiger partial charge in [0.05, 0.1) is 13.2 Å². The van der Waals surface area contributed by atoms with E-state index in [1.807, 2.05) is 26.0 Å². The molecule has 0 unspecified atom stereocenters. The normalized spacial score (nSPS) is 11.5. The minimum Gasteiger partial charge on any atom is -0.492 e. The van der Waals surface area contributed by atoms with Gasteiger partial charge in [0, 0.05) is 17.8 Å². The van der Waals surface area contributed by atoms with Gasteiger partial charge in [0.15, 0.2) is 0 Å². The average molecular weight is 411 g/mol. The summed E-state index contributed by atoms with van der Waals surface area (Å²) in [5, 5.41) is 2.98. The number of benzene rings is 2. The van der Waals surface area contributed by atoms with Crippen LogP contribution in [-0.4, -0.2) is 38.8 Å². The van der Waals surface area contributed by atoms with Crippen LogP contribution in [0.15, 0.2) is 41.3 Å². The van der Waals surface area contributed by atoms with Crippen LogP contribution in [0.25, 0.3) is 0 Å². The Morgan fingerprint density at radius 1 is 1.15 bits per heavy atom. The Hall–Kier alpha value is -2.09. The smallest absolute Gasteiger partial charge is 0.247 e. The summed E-state index contributed by atoms with van der Waals surface area (Å²) in [6.45, 7) is 5.64. The standard InChI is InChI=1S/C19H23ClN2O4S/c1-5-26-17-9-7-15(20)11-18(17)27(24,25)22(4)12-19(23)21-16-8-6-13(2)14(3)10-16/h6-11H,5,12H2,1-4H3,(H,21,23). The van der Waals surface area contributed by atoms with Gasteiger partial charge in [0.1, 0.15) is 10.6 Å². The predicted molar refractivity (Wildman–Crippen MR) is 107 cm³/mol. The molecule has 0 aliphatic heterocycles. The average Bonchev–Trinajstić information content (AvgIpc) is 2.59. The molecule has 1 amide bonds. The zero-order valence-electron chi connectivity index (χ0n) is 15.7. The Labute approximate surface area is 165 Å². The van der Waals surface area contributed by atoms with E-state index in [-0.39, 0.29) is 22.2 Å². The third-order valence-corrected chi connectivity index (χ3v) is 6.11. The number of anilines is 1. The van der Waals surface area contributed by atoms with Crippen LogP contribution in [0.5, 0.6) is 5.75 Å². The van der Waals surface area contributed by atoms with Crippen molar-refractivity contribution >= 4 is 33.2 Å². The van der Waals surface area contributed by atoms with Gasteiger partial charge in [-0.15, -0.1) is 0 Å². The van der Waals surface area contributed by atoms with E-state index in [0.717, 1.165) is 15.4 Å². The van der Waals surface area contributed by atoms with Gasteiger partial charge >= 0.3 is 0 Å². The third kappa shape index (κ3) is 5.22. The van der Waals surface area contributed by atoms with Crippen LogP contribution in [0.2, 0.25) is 5.02 Å². The van der Waals surface area contributed by atoms with Crippen molar-refractivity contribution in [2.75, 3.05) is 25.5 Å². The molecule has 0 heterocycles. The molecular weight excluding hydrogens is 388 g/mol. The fourth-order valence-corrected chi connectivity index (χ4v) is 3.95. The third-order valence-electron chi connectivity index (χ3n) is 4.05. The van der Waals surface area contributed by atoms with Gasteiger partial charge in [-0.1, -0.05) is 17.7 Å². The van der Waals surface area contributed by atoms with Crippen LogP contribution in [-0.2, 0) is 14.8 Å². The molecule has 0 radical (unpaired) electrons. The fourth-order valence-electron chi connectivity index (χ4n) is 2.43. The van der Waals surface area contributed by atoms with E-state index in [9.17, 15) is 13.2 Å². The van der Waals surface area contributed by atoms with E-state index in [0.29, 0.717) is 12.3 Å². The molecule has 6 nitrogen and oxygen atoms in total. The summed E-state index contributed by atoms with van der Waals surface area (Å²) in [6.07, 6.45) is 0. The lowest BCUT2D eigenvalue weighted by Crippen LogP contribution is -2.35. The van der Waals surface area contributed by atoms with Crippen molar-refractivity contribution in [3.05, 3.63) is 52.5 Å². The highest BCUT2D eigenvalue weighted by Crippen LogP contribution is 2.29. The molecule has 1 N–H and O–H groups in total. The molecule has 0 aliphatic rings. The Kier molecular flexibility index (Phi) is 6.86. The molecule has 0 saturated carbocycles. The minimum absolute atomic E-state index is 0.0710. The largest absolute Gasteiger partial charge is 0.492 e. The molecule has 8 heteroatoms. The van der Waals surface area contributed by atoms with Crippen molar-refractivity contribution in [1.82, 2.24) is 4.31 Å². The summed E-state index contributed by atoms with van der Waals surface area (Å²) in [4.78, 5) is 12.2. The van der Waals surface area contributed by atoms with Crippen LogP contribution < -0.4 is 10.1 Å². The van der Waals surface area contributed by atoms with Crippen molar-refractivity contribution in [2.24, 2.45) is 0 Å². The lowest BCUT2D eigenvalue weighted by molar-refractivity contribution is -0.116. The molecule has 0 spiro atoms. The summed E-state index contributed by atoms with van der Waals surface area (Å²) in [5.74, 6) is -0.243. The van der Waals surface area contributed by atoms with E-state index >= 15 is 0 Å². The molecule has 0 aromatic heterocycles. The van der Waals surface area contributed by atoms with Gasteiger partial charge in [-0.25, -0.2) is 8.42 Å². The number of halogens is 1. The molecule has 0 fully saturated rings. The lowest BCUT2D eigenvalue weighted by atomic mass is 10.1. The SMILES string of the molecule is CCOc1ccc(Cl)cc1S(=O)(=O)N(C)CC(=O)Nc1ccc(C)c(C)c1. The summed E-state index contributed by atoms with van der Waals surface area (Å²) in [7, 11) is -2.61. The second kappa shape index (κ2) is 8.73. The van der Waals surface area contributed by atoms with Gasteiger partial charge in [0.2, 0.25) is 15.9 Å². The number of rotatable bonds is 7. The fraction of sp³-hybridized carbons (Fsp3) is 0.316. The molecule has 0 aliphatic carbocycles. The van der Waals surface area contributed by atoms with E-state index < -0.39 is 15.9 Å². The van der Waals surface area contributed by atoms with Gasteiger partial charge in [-0.05, 0) is 62.2 Å². The zero-order valence-corrected chi connectivity index (χ0v) is 17.3. The number of hydrogen-bond donors (Lipinski definition) is 1. The van der Waals surface area contributed by atoms with Crippen molar-refractivity contribution < 1.29 is 17.9 Å². The number of nitrogens with one attached hydrogen (secondary N) is 1. The van der Waals surface area contributed by atoms with Crippen molar-refractivity contribution in [3.8, 4) is 5.75 Å². The van der Waals surface area contributed by atoms with E-state index in [2.05, 4.69) is 5.32 Å². The first-order valence-electron chi connectivity index (χ1n) is 8.41. The molecule has 0 atom stereocenters. The number of aryl methyl sites for hydroxylation is 2. The van der Waals surface area contributed by atoms with Crippen molar-refractivity contribution in [3.63, 3.8) is 0 Å². The molecule has 146 valence electrons. The van der Waals surface area contributed by atoms with Crippen LogP contribution in [0.4, 0.5) is 5.69 Å². The predicted octanol–water partition coefficient (Wildman–Crippen LogP) is 3.61. The maximum absolute atomic E-state index is 12.9. The summed E-state index contributed by atoms with van der Waals surface area (Å²) in [5.41, 5.74) is 2.76. The van der Waals surface area contributed by atoms with Crippen LogP contribution in [0, 0.1) is 13.8 Å². The minimum atomic E-state index is -3.95. The van der Waals surface area contributed by atoms with Gasteiger partial charge in [-0.3, -0.25) is 4.79 Å². The van der Waals surface area contributed by atoms with E-state index in [1.54, 1.807) is 19.1 Å².